The molecule has 0 aromatic heterocycles. The average Bonchev–Trinajstić information content (AvgIpc) is 2.62. The molecule has 0 spiro atoms. The normalized spacial score (nSPS) is 21.8. The molecule has 0 aliphatic carbocycles. The van der Waals surface area contributed by atoms with Crippen molar-refractivity contribution in [3.8, 4) is 17.2 Å². The van der Waals surface area contributed by atoms with Crippen molar-refractivity contribution < 1.29 is 19.0 Å². The summed E-state index contributed by atoms with van der Waals surface area (Å²) in [5, 5.41) is 19.2. The number of carbonyl (C=O) groups excluding carboxylic acids is 1. The molecule has 0 unspecified atom stereocenters. The standard InChI is InChI=1S/C20H19FN2O3/c1-26-12-19(25)23-17(10-22)20(18(23)11-24)14-7-5-13(6-8-14)15-3-2-4-16(21)9-15/h2-9,17-18,20,24H,11-12H2,1H3/t17-,18-,20+/m0/s1. The van der Waals surface area contributed by atoms with Crippen LogP contribution in [0, 0.1) is 17.1 Å². The van der Waals surface area contributed by atoms with Crippen LogP contribution in [0.15, 0.2) is 48.5 Å². The van der Waals surface area contributed by atoms with E-state index >= 15 is 0 Å². The Morgan fingerprint density at radius 1 is 1.27 bits per heavy atom. The summed E-state index contributed by atoms with van der Waals surface area (Å²) >= 11 is 0. The maximum Gasteiger partial charge on any atom is 0.249 e. The number of ether oxygens (including phenoxy) is 1. The predicted octanol–water partition coefficient (Wildman–Crippen LogP) is 2.32. The van der Waals surface area contributed by atoms with E-state index in [1.54, 1.807) is 6.07 Å². The number of likely N-dealkylation sites (tertiary alicyclic amines) is 1. The van der Waals surface area contributed by atoms with Crippen molar-refractivity contribution in [3.05, 3.63) is 59.9 Å². The summed E-state index contributed by atoms with van der Waals surface area (Å²) in [6, 6.07) is 14.8. The summed E-state index contributed by atoms with van der Waals surface area (Å²) in [7, 11) is 1.41. The van der Waals surface area contributed by atoms with E-state index in [0.29, 0.717) is 0 Å². The van der Waals surface area contributed by atoms with E-state index in [1.165, 1.54) is 24.1 Å². The maximum absolute atomic E-state index is 13.4. The predicted molar refractivity (Wildman–Crippen MR) is 93.6 cm³/mol. The number of halogens is 1. The molecule has 1 saturated heterocycles. The summed E-state index contributed by atoms with van der Waals surface area (Å²) in [5.74, 6) is -0.888. The zero-order chi connectivity index (χ0) is 18.7. The Bertz CT molecular complexity index is 832. The molecule has 134 valence electrons. The van der Waals surface area contributed by atoms with Gasteiger partial charge < -0.3 is 14.7 Å². The Balaban J connectivity index is 1.84. The Labute approximate surface area is 151 Å². The maximum atomic E-state index is 13.4. The second kappa shape index (κ2) is 7.65. The number of aliphatic hydroxyl groups excluding tert-OH is 1. The first kappa shape index (κ1) is 18.1. The van der Waals surface area contributed by atoms with E-state index in [1.807, 2.05) is 30.3 Å². The van der Waals surface area contributed by atoms with Crippen LogP contribution in [0.5, 0.6) is 0 Å². The van der Waals surface area contributed by atoms with Gasteiger partial charge >= 0.3 is 0 Å². The van der Waals surface area contributed by atoms with Crippen LogP contribution in [-0.4, -0.2) is 48.3 Å². The molecule has 1 heterocycles. The summed E-state index contributed by atoms with van der Waals surface area (Å²) in [5.41, 5.74) is 2.48. The first-order valence-corrected chi connectivity index (χ1v) is 8.27. The number of carbonyl (C=O) groups is 1. The van der Waals surface area contributed by atoms with Crippen LogP contribution in [-0.2, 0) is 9.53 Å². The van der Waals surface area contributed by atoms with Gasteiger partial charge in [-0.2, -0.15) is 5.26 Å². The highest BCUT2D eigenvalue weighted by Crippen LogP contribution is 2.40. The zero-order valence-corrected chi connectivity index (χ0v) is 14.3. The Kier molecular flexibility index (Phi) is 5.31. The summed E-state index contributed by atoms with van der Waals surface area (Å²) in [6.45, 7) is -0.357. The molecule has 0 bridgehead atoms. The third-order valence-electron chi connectivity index (χ3n) is 4.74. The number of hydrogen-bond acceptors (Lipinski definition) is 4. The minimum absolute atomic E-state index is 0.125. The van der Waals surface area contributed by atoms with E-state index in [2.05, 4.69) is 6.07 Å². The van der Waals surface area contributed by atoms with E-state index in [-0.39, 0.29) is 30.9 Å². The lowest BCUT2D eigenvalue weighted by atomic mass is 9.75. The smallest absolute Gasteiger partial charge is 0.249 e. The fraction of sp³-hybridized carbons (Fsp3) is 0.300. The first-order chi connectivity index (χ1) is 12.6. The second-order valence-corrected chi connectivity index (χ2v) is 6.22. The molecule has 2 aromatic rings. The SMILES string of the molecule is COCC(=O)N1[C@@H](C#N)[C@@H](c2ccc(-c3cccc(F)c3)cc2)[C@@H]1CO. The Hall–Kier alpha value is -2.75. The molecule has 0 radical (unpaired) electrons. The molecular formula is C20H19FN2O3. The highest BCUT2D eigenvalue weighted by molar-refractivity contribution is 5.80. The van der Waals surface area contributed by atoms with Crippen molar-refractivity contribution in [1.29, 1.82) is 5.26 Å². The van der Waals surface area contributed by atoms with E-state index < -0.39 is 12.1 Å². The molecule has 6 heteroatoms. The lowest BCUT2D eigenvalue weighted by Gasteiger charge is -2.51. The van der Waals surface area contributed by atoms with Crippen LogP contribution in [0.2, 0.25) is 0 Å². The largest absolute Gasteiger partial charge is 0.394 e. The van der Waals surface area contributed by atoms with Gasteiger partial charge in [-0.15, -0.1) is 0 Å². The number of benzene rings is 2. The number of nitriles is 1. The van der Waals surface area contributed by atoms with Crippen LogP contribution >= 0.6 is 0 Å². The van der Waals surface area contributed by atoms with Gasteiger partial charge in [-0.05, 0) is 28.8 Å². The minimum atomic E-state index is -0.644. The van der Waals surface area contributed by atoms with Crippen molar-refractivity contribution >= 4 is 5.91 Å². The monoisotopic (exact) mass is 354 g/mol. The number of amides is 1. The summed E-state index contributed by atoms with van der Waals surface area (Å²) in [4.78, 5) is 13.5. The average molecular weight is 354 g/mol. The lowest BCUT2D eigenvalue weighted by molar-refractivity contribution is -0.150. The van der Waals surface area contributed by atoms with Gasteiger partial charge in [0.25, 0.3) is 0 Å². The quantitative estimate of drug-likeness (QED) is 0.894. The molecule has 2 aromatic carbocycles. The van der Waals surface area contributed by atoms with Crippen LogP contribution in [0.4, 0.5) is 4.39 Å². The third kappa shape index (κ3) is 3.19. The molecular weight excluding hydrogens is 335 g/mol. The van der Waals surface area contributed by atoms with Crippen LogP contribution < -0.4 is 0 Å². The van der Waals surface area contributed by atoms with Crippen molar-refractivity contribution in [3.63, 3.8) is 0 Å². The zero-order valence-electron chi connectivity index (χ0n) is 14.3. The Morgan fingerprint density at radius 2 is 2.00 bits per heavy atom. The van der Waals surface area contributed by atoms with Gasteiger partial charge in [0.2, 0.25) is 5.91 Å². The van der Waals surface area contributed by atoms with Crippen molar-refractivity contribution in [2.24, 2.45) is 0 Å². The molecule has 1 fully saturated rings. The topological polar surface area (TPSA) is 73.6 Å². The summed E-state index contributed by atoms with van der Waals surface area (Å²) < 4.78 is 18.2. The number of rotatable bonds is 5. The van der Waals surface area contributed by atoms with E-state index in [4.69, 9.17) is 4.74 Å². The fourth-order valence-corrected chi connectivity index (χ4v) is 3.51. The molecule has 26 heavy (non-hydrogen) atoms. The van der Waals surface area contributed by atoms with Crippen LogP contribution in [0.3, 0.4) is 0 Å². The van der Waals surface area contributed by atoms with Gasteiger partial charge in [0.1, 0.15) is 18.5 Å². The fourth-order valence-electron chi connectivity index (χ4n) is 3.51. The van der Waals surface area contributed by atoms with Crippen molar-refractivity contribution in [2.75, 3.05) is 20.3 Å². The molecule has 1 aliphatic rings. The highest BCUT2D eigenvalue weighted by atomic mass is 19.1. The van der Waals surface area contributed by atoms with Crippen LogP contribution in [0.25, 0.3) is 11.1 Å². The molecule has 3 atom stereocenters. The van der Waals surface area contributed by atoms with Gasteiger partial charge in [-0.1, -0.05) is 36.4 Å². The molecule has 5 nitrogen and oxygen atoms in total. The molecule has 1 amide bonds. The number of methoxy groups -OCH3 is 1. The van der Waals surface area contributed by atoms with Gasteiger partial charge in [-0.3, -0.25) is 4.79 Å². The van der Waals surface area contributed by atoms with E-state index in [0.717, 1.165) is 16.7 Å². The van der Waals surface area contributed by atoms with Gasteiger partial charge in [-0.25, -0.2) is 4.39 Å². The van der Waals surface area contributed by atoms with Gasteiger partial charge in [0.05, 0.1) is 18.7 Å². The Morgan fingerprint density at radius 3 is 2.58 bits per heavy atom. The number of nitrogens with zero attached hydrogens (tertiary/aromatic N) is 2. The lowest BCUT2D eigenvalue weighted by Crippen LogP contribution is -2.65. The first-order valence-electron chi connectivity index (χ1n) is 8.27. The molecule has 1 aliphatic heterocycles. The van der Waals surface area contributed by atoms with Crippen LogP contribution in [0.1, 0.15) is 11.5 Å². The number of hydrogen-bond donors (Lipinski definition) is 1. The summed E-state index contributed by atoms with van der Waals surface area (Å²) in [6.07, 6.45) is 0. The van der Waals surface area contributed by atoms with Gasteiger partial charge in [0, 0.05) is 13.0 Å². The molecule has 1 N–H and O–H groups in total. The van der Waals surface area contributed by atoms with Crippen molar-refractivity contribution in [1.82, 2.24) is 4.90 Å². The highest BCUT2D eigenvalue weighted by Gasteiger charge is 2.51. The third-order valence-corrected chi connectivity index (χ3v) is 4.74. The second-order valence-electron chi connectivity index (χ2n) is 6.22. The van der Waals surface area contributed by atoms with Gasteiger partial charge in [0.15, 0.2) is 0 Å². The number of aliphatic hydroxyl groups is 1. The van der Waals surface area contributed by atoms with Crippen molar-refractivity contribution in [2.45, 2.75) is 18.0 Å². The molecule has 3 rings (SSSR count). The van der Waals surface area contributed by atoms with E-state index in [9.17, 15) is 19.6 Å². The molecule has 0 saturated carbocycles. The minimum Gasteiger partial charge on any atom is -0.394 e.